The lowest BCUT2D eigenvalue weighted by molar-refractivity contribution is -0.0150. The molecule has 0 bridgehead atoms. The molecule has 0 unspecified atom stereocenters. The standard InChI is InChI=1S/C17H21NO2/c1-13-8-9-16(11-18-13)20-15-7-5-6-14(10-15)12-19-17(2,3)4/h5-11H,12H2,1-4H3. The van der Waals surface area contributed by atoms with Gasteiger partial charge in [-0.05, 0) is 57.5 Å². The van der Waals surface area contributed by atoms with Gasteiger partial charge in [-0.25, -0.2) is 0 Å². The Morgan fingerprint density at radius 1 is 1.05 bits per heavy atom. The molecule has 0 fully saturated rings. The third kappa shape index (κ3) is 4.67. The van der Waals surface area contributed by atoms with E-state index in [0.717, 1.165) is 22.8 Å². The van der Waals surface area contributed by atoms with Gasteiger partial charge in [0.2, 0.25) is 0 Å². The van der Waals surface area contributed by atoms with Gasteiger partial charge in [0.15, 0.2) is 0 Å². The van der Waals surface area contributed by atoms with Gasteiger partial charge in [-0.3, -0.25) is 4.98 Å². The average molecular weight is 271 g/mol. The molecule has 0 atom stereocenters. The molecule has 1 heterocycles. The molecule has 0 saturated carbocycles. The molecule has 0 aliphatic heterocycles. The second kappa shape index (κ2) is 6.06. The number of benzene rings is 1. The predicted molar refractivity (Wildman–Crippen MR) is 80.0 cm³/mol. The summed E-state index contributed by atoms with van der Waals surface area (Å²) in [6.45, 7) is 8.67. The van der Waals surface area contributed by atoms with Crippen LogP contribution in [-0.4, -0.2) is 10.6 Å². The first-order chi connectivity index (χ1) is 9.42. The van der Waals surface area contributed by atoms with E-state index in [9.17, 15) is 0 Å². The number of aromatic nitrogens is 1. The number of hydrogen-bond acceptors (Lipinski definition) is 3. The summed E-state index contributed by atoms with van der Waals surface area (Å²) in [6, 6.07) is 11.8. The zero-order chi connectivity index (χ0) is 14.6. The Labute approximate surface area is 120 Å². The molecule has 0 aliphatic rings. The maximum atomic E-state index is 5.79. The molecule has 0 amide bonds. The largest absolute Gasteiger partial charge is 0.456 e. The van der Waals surface area contributed by atoms with E-state index in [1.807, 2.05) is 64.1 Å². The van der Waals surface area contributed by atoms with Crippen LogP contribution in [0, 0.1) is 6.92 Å². The van der Waals surface area contributed by atoms with Gasteiger partial charge in [-0.15, -0.1) is 0 Å². The molecule has 0 aliphatic carbocycles. The van der Waals surface area contributed by atoms with Crippen molar-refractivity contribution in [3.63, 3.8) is 0 Å². The summed E-state index contributed by atoms with van der Waals surface area (Å²) in [6.07, 6.45) is 1.73. The number of rotatable bonds is 4. The Kier molecular flexibility index (Phi) is 4.40. The molecule has 0 saturated heterocycles. The van der Waals surface area contributed by atoms with Crippen molar-refractivity contribution in [2.75, 3.05) is 0 Å². The molecule has 3 nitrogen and oxygen atoms in total. The Morgan fingerprint density at radius 3 is 2.50 bits per heavy atom. The van der Waals surface area contributed by atoms with Gasteiger partial charge in [-0.1, -0.05) is 12.1 Å². The zero-order valence-electron chi connectivity index (χ0n) is 12.5. The van der Waals surface area contributed by atoms with Crippen molar-refractivity contribution >= 4 is 0 Å². The summed E-state index contributed by atoms with van der Waals surface area (Å²) in [5.74, 6) is 1.54. The molecule has 0 spiro atoms. The molecular formula is C17H21NO2. The van der Waals surface area contributed by atoms with Crippen LogP contribution in [0.5, 0.6) is 11.5 Å². The number of nitrogens with zero attached hydrogens (tertiary/aromatic N) is 1. The van der Waals surface area contributed by atoms with Crippen molar-refractivity contribution < 1.29 is 9.47 Å². The van der Waals surface area contributed by atoms with Crippen molar-refractivity contribution in [2.24, 2.45) is 0 Å². The number of ether oxygens (including phenoxy) is 2. The molecule has 0 N–H and O–H groups in total. The van der Waals surface area contributed by atoms with Crippen LogP contribution < -0.4 is 4.74 Å². The highest BCUT2D eigenvalue weighted by Crippen LogP contribution is 2.22. The quantitative estimate of drug-likeness (QED) is 0.820. The van der Waals surface area contributed by atoms with Gasteiger partial charge in [0.25, 0.3) is 0 Å². The zero-order valence-corrected chi connectivity index (χ0v) is 12.5. The fourth-order valence-electron chi connectivity index (χ4n) is 1.65. The van der Waals surface area contributed by atoms with Crippen LogP contribution in [0.25, 0.3) is 0 Å². The van der Waals surface area contributed by atoms with Crippen LogP contribution >= 0.6 is 0 Å². The van der Waals surface area contributed by atoms with Gasteiger partial charge < -0.3 is 9.47 Å². The molecule has 3 heteroatoms. The highest BCUT2D eigenvalue weighted by Gasteiger charge is 2.10. The van der Waals surface area contributed by atoms with Gasteiger partial charge >= 0.3 is 0 Å². The van der Waals surface area contributed by atoms with E-state index in [-0.39, 0.29) is 5.60 Å². The second-order valence-corrected chi connectivity index (χ2v) is 5.79. The topological polar surface area (TPSA) is 31.4 Å². The Balaban J connectivity index is 2.04. The normalized spacial score (nSPS) is 11.4. The van der Waals surface area contributed by atoms with Gasteiger partial charge in [0.1, 0.15) is 11.5 Å². The van der Waals surface area contributed by atoms with E-state index in [2.05, 4.69) is 4.98 Å². The Morgan fingerprint density at radius 2 is 1.85 bits per heavy atom. The predicted octanol–water partition coefficient (Wildman–Crippen LogP) is 4.50. The van der Waals surface area contributed by atoms with Crippen LogP contribution in [-0.2, 0) is 11.3 Å². The maximum Gasteiger partial charge on any atom is 0.145 e. The Bertz CT molecular complexity index is 556. The first kappa shape index (κ1) is 14.5. The summed E-state index contributed by atoms with van der Waals surface area (Å²) < 4.78 is 11.6. The van der Waals surface area contributed by atoms with E-state index in [4.69, 9.17) is 9.47 Å². The van der Waals surface area contributed by atoms with Gasteiger partial charge in [-0.2, -0.15) is 0 Å². The minimum Gasteiger partial charge on any atom is -0.456 e. The highest BCUT2D eigenvalue weighted by atomic mass is 16.5. The molecule has 20 heavy (non-hydrogen) atoms. The summed E-state index contributed by atoms with van der Waals surface area (Å²) in [5, 5.41) is 0. The molecule has 1 aromatic carbocycles. The lowest BCUT2D eigenvalue weighted by atomic mass is 10.2. The van der Waals surface area contributed by atoms with E-state index < -0.39 is 0 Å². The minimum atomic E-state index is -0.141. The fraction of sp³-hybridized carbons (Fsp3) is 0.353. The van der Waals surface area contributed by atoms with Crippen molar-refractivity contribution in [1.29, 1.82) is 0 Å². The van der Waals surface area contributed by atoms with E-state index in [1.54, 1.807) is 6.20 Å². The molecule has 106 valence electrons. The van der Waals surface area contributed by atoms with Crippen LogP contribution in [0.4, 0.5) is 0 Å². The fourth-order valence-corrected chi connectivity index (χ4v) is 1.65. The Hall–Kier alpha value is -1.87. The number of hydrogen-bond donors (Lipinski definition) is 0. The lowest BCUT2D eigenvalue weighted by Gasteiger charge is -2.19. The molecular weight excluding hydrogens is 250 g/mol. The summed E-state index contributed by atoms with van der Waals surface area (Å²) in [7, 11) is 0. The minimum absolute atomic E-state index is 0.141. The molecule has 2 rings (SSSR count). The summed E-state index contributed by atoms with van der Waals surface area (Å²) >= 11 is 0. The second-order valence-electron chi connectivity index (χ2n) is 5.79. The van der Waals surface area contributed by atoms with Crippen LogP contribution in [0.1, 0.15) is 32.0 Å². The summed E-state index contributed by atoms with van der Waals surface area (Å²) in [4.78, 5) is 4.22. The summed E-state index contributed by atoms with van der Waals surface area (Å²) in [5.41, 5.74) is 1.93. The van der Waals surface area contributed by atoms with Crippen molar-refractivity contribution in [3.8, 4) is 11.5 Å². The van der Waals surface area contributed by atoms with Crippen molar-refractivity contribution in [1.82, 2.24) is 4.98 Å². The van der Waals surface area contributed by atoms with Crippen LogP contribution in [0.2, 0.25) is 0 Å². The number of aryl methyl sites for hydroxylation is 1. The third-order valence-electron chi connectivity index (χ3n) is 2.69. The van der Waals surface area contributed by atoms with Gasteiger partial charge in [0.05, 0.1) is 18.4 Å². The first-order valence-corrected chi connectivity index (χ1v) is 6.76. The highest BCUT2D eigenvalue weighted by molar-refractivity contribution is 5.33. The van der Waals surface area contributed by atoms with Crippen LogP contribution in [0.15, 0.2) is 42.6 Å². The lowest BCUT2D eigenvalue weighted by Crippen LogP contribution is -2.18. The number of pyridine rings is 1. The first-order valence-electron chi connectivity index (χ1n) is 6.76. The molecule has 1 aromatic heterocycles. The molecule has 0 radical (unpaired) electrons. The van der Waals surface area contributed by atoms with Gasteiger partial charge in [0, 0.05) is 5.69 Å². The van der Waals surface area contributed by atoms with E-state index in [1.165, 1.54) is 0 Å². The van der Waals surface area contributed by atoms with Crippen LogP contribution in [0.3, 0.4) is 0 Å². The smallest absolute Gasteiger partial charge is 0.145 e. The average Bonchev–Trinajstić information content (AvgIpc) is 2.39. The molecule has 2 aromatic rings. The van der Waals surface area contributed by atoms with E-state index in [0.29, 0.717) is 6.61 Å². The van der Waals surface area contributed by atoms with Crippen molar-refractivity contribution in [2.45, 2.75) is 39.9 Å². The SMILES string of the molecule is Cc1ccc(Oc2cccc(COC(C)(C)C)c2)cn1. The third-order valence-corrected chi connectivity index (χ3v) is 2.69. The van der Waals surface area contributed by atoms with E-state index >= 15 is 0 Å². The van der Waals surface area contributed by atoms with Crippen molar-refractivity contribution in [3.05, 3.63) is 53.9 Å². The maximum absolute atomic E-state index is 5.79. The monoisotopic (exact) mass is 271 g/mol.